The van der Waals surface area contributed by atoms with Gasteiger partial charge < -0.3 is 4.90 Å². The van der Waals surface area contributed by atoms with Crippen molar-refractivity contribution >= 4 is 66.5 Å². The van der Waals surface area contributed by atoms with Gasteiger partial charge in [0.15, 0.2) is 0 Å². The third-order valence-corrected chi connectivity index (χ3v) is 8.96. The number of allylic oxidation sites excluding steroid dienone is 2. The third-order valence-electron chi connectivity index (χ3n) is 5.86. The van der Waals surface area contributed by atoms with Crippen molar-refractivity contribution in [1.29, 1.82) is 0 Å². The van der Waals surface area contributed by atoms with E-state index in [-0.39, 0.29) is 0 Å². The van der Waals surface area contributed by atoms with Gasteiger partial charge in [-0.15, -0.1) is 11.3 Å². The lowest BCUT2D eigenvalue weighted by Gasteiger charge is -2.18. The van der Waals surface area contributed by atoms with Gasteiger partial charge in [-0.3, -0.25) is 0 Å². The molecule has 0 saturated heterocycles. The van der Waals surface area contributed by atoms with E-state index in [0.29, 0.717) is 0 Å². The lowest BCUT2D eigenvalue weighted by atomic mass is 10.1. The fraction of sp³-hybridized carbons (Fsp3) is 0.269. The summed E-state index contributed by atoms with van der Waals surface area (Å²) >= 11 is 5.63. The van der Waals surface area contributed by atoms with Crippen LogP contribution in [0.2, 0.25) is 0 Å². The molecule has 0 spiro atoms. The first-order valence-corrected chi connectivity index (χ1v) is 13.4. The van der Waals surface area contributed by atoms with Crippen LogP contribution in [0.3, 0.4) is 0 Å². The largest absolute Gasteiger partial charge is 0.335 e. The minimum Gasteiger partial charge on any atom is -0.335 e. The number of thioether (sulfide) groups is 1. The van der Waals surface area contributed by atoms with Gasteiger partial charge in [0.1, 0.15) is 11.2 Å². The second kappa shape index (κ2) is 8.45. The summed E-state index contributed by atoms with van der Waals surface area (Å²) in [7, 11) is 0. The zero-order valence-electron chi connectivity index (χ0n) is 18.4. The van der Waals surface area contributed by atoms with E-state index in [1.54, 1.807) is 0 Å². The van der Waals surface area contributed by atoms with E-state index in [1.165, 1.54) is 52.1 Å². The van der Waals surface area contributed by atoms with Crippen molar-refractivity contribution in [1.82, 2.24) is 0 Å². The first-order chi connectivity index (χ1) is 15.1. The van der Waals surface area contributed by atoms with Crippen LogP contribution in [0.4, 0.5) is 5.69 Å². The second-order valence-corrected chi connectivity index (χ2v) is 10.9. The van der Waals surface area contributed by atoms with E-state index in [2.05, 4.69) is 91.1 Å². The first-order valence-electron chi connectivity index (χ1n) is 10.9. The quantitative estimate of drug-likeness (QED) is 0.277. The van der Waals surface area contributed by atoms with E-state index in [9.17, 15) is 0 Å². The summed E-state index contributed by atoms with van der Waals surface area (Å²) in [6.07, 6.45) is 5.82. The second-order valence-electron chi connectivity index (χ2n) is 7.80. The van der Waals surface area contributed by atoms with Gasteiger partial charge >= 0.3 is 0 Å². The summed E-state index contributed by atoms with van der Waals surface area (Å²) < 4.78 is 5.23. The molecule has 4 aromatic rings. The molecule has 0 bridgehead atoms. The molecular formula is C26H27N2S3+. The summed E-state index contributed by atoms with van der Waals surface area (Å²) in [4.78, 5) is 3.81. The Kier molecular flexibility index (Phi) is 5.67. The van der Waals surface area contributed by atoms with Crippen LogP contribution in [0.1, 0.15) is 37.8 Å². The Bertz CT molecular complexity index is 1340. The third kappa shape index (κ3) is 3.63. The average Bonchev–Trinajstić information content (AvgIpc) is 3.46. The lowest BCUT2D eigenvalue weighted by Crippen LogP contribution is -2.33. The van der Waals surface area contributed by atoms with Gasteiger partial charge in [0, 0.05) is 22.2 Å². The van der Waals surface area contributed by atoms with E-state index < -0.39 is 0 Å². The van der Waals surface area contributed by atoms with Crippen LogP contribution in [0.25, 0.3) is 26.4 Å². The van der Waals surface area contributed by atoms with Crippen LogP contribution < -0.4 is 9.47 Å². The molecule has 0 atom stereocenters. The zero-order valence-corrected chi connectivity index (χ0v) is 20.9. The minimum atomic E-state index is 0.981. The first kappa shape index (κ1) is 20.8. The van der Waals surface area contributed by atoms with E-state index >= 15 is 0 Å². The number of rotatable bonds is 5. The number of aryl methyl sites for hydroxylation is 2. The van der Waals surface area contributed by atoms with Crippen LogP contribution in [0, 0.1) is 6.92 Å². The number of thiazole rings is 1. The average molecular weight is 464 g/mol. The maximum atomic E-state index is 2.49. The van der Waals surface area contributed by atoms with Crippen molar-refractivity contribution in [3.05, 3.63) is 69.0 Å². The molecule has 2 nitrogen and oxygen atoms in total. The van der Waals surface area contributed by atoms with Gasteiger partial charge in [-0.05, 0) is 80.1 Å². The highest BCUT2D eigenvalue weighted by atomic mass is 32.2. The number of fused-ring (bicyclic) bond motifs is 4. The number of hydrogen-bond acceptors (Lipinski definition) is 4. The van der Waals surface area contributed by atoms with Gasteiger partial charge in [0.2, 0.25) is 5.52 Å². The SMILES string of the molecule is CCC(/C=C1\Sc2ccc(C)cc2N1CC)=C\c1sc2ccc3sccc3c2[n+]1CC. The minimum absolute atomic E-state index is 0.981. The van der Waals surface area contributed by atoms with Crippen molar-refractivity contribution in [2.75, 3.05) is 11.4 Å². The van der Waals surface area contributed by atoms with Crippen molar-refractivity contribution in [3.8, 4) is 0 Å². The molecular weight excluding hydrogens is 437 g/mol. The molecule has 0 amide bonds. The van der Waals surface area contributed by atoms with E-state index in [0.717, 1.165) is 19.5 Å². The highest BCUT2D eigenvalue weighted by Crippen LogP contribution is 2.46. The fourth-order valence-electron chi connectivity index (χ4n) is 4.28. The molecule has 0 unspecified atom stereocenters. The monoisotopic (exact) mass is 463 g/mol. The Morgan fingerprint density at radius 1 is 1.06 bits per heavy atom. The Labute approximate surface area is 196 Å². The van der Waals surface area contributed by atoms with Gasteiger partial charge in [0.05, 0.1) is 16.1 Å². The van der Waals surface area contributed by atoms with Crippen molar-refractivity contribution in [2.45, 2.75) is 45.6 Å². The Morgan fingerprint density at radius 2 is 1.90 bits per heavy atom. The van der Waals surface area contributed by atoms with Crippen molar-refractivity contribution < 1.29 is 4.57 Å². The standard InChI is InChI=1S/C26H27N2S3/c1-5-18(15-24-27(6-2)20-14-17(4)8-9-22(20)30-24)16-25-28(7-3)26-19-12-13-29-21(19)10-11-23(26)31-25/h8-16H,5-7H2,1-4H3/q+1. The highest BCUT2D eigenvalue weighted by molar-refractivity contribution is 8.03. The van der Waals surface area contributed by atoms with Gasteiger partial charge in [0.25, 0.3) is 5.01 Å². The highest BCUT2D eigenvalue weighted by Gasteiger charge is 2.25. The number of thiophene rings is 1. The fourth-order valence-corrected chi connectivity index (χ4v) is 7.47. The molecule has 5 rings (SSSR count). The van der Waals surface area contributed by atoms with Crippen LogP contribution in [0.15, 0.2) is 63.4 Å². The molecule has 0 saturated carbocycles. The Hall–Kier alpha value is -2.08. The zero-order chi connectivity index (χ0) is 21.5. The smallest absolute Gasteiger partial charge is 0.263 e. The maximum Gasteiger partial charge on any atom is 0.263 e. The molecule has 5 heteroatoms. The molecule has 2 aromatic carbocycles. The lowest BCUT2D eigenvalue weighted by molar-refractivity contribution is -0.664. The summed E-state index contributed by atoms with van der Waals surface area (Å²) in [6.45, 7) is 10.9. The van der Waals surface area contributed by atoms with Crippen LogP contribution >= 0.6 is 34.4 Å². The molecule has 1 aliphatic heterocycles. The molecule has 3 heterocycles. The molecule has 0 fully saturated rings. The summed E-state index contributed by atoms with van der Waals surface area (Å²) in [5, 5.41) is 6.26. The molecule has 31 heavy (non-hydrogen) atoms. The van der Waals surface area contributed by atoms with Crippen LogP contribution in [0.5, 0.6) is 0 Å². The molecule has 0 N–H and O–H groups in total. The topological polar surface area (TPSA) is 7.12 Å². The number of aromatic nitrogens is 1. The maximum absolute atomic E-state index is 2.49. The van der Waals surface area contributed by atoms with Gasteiger partial charge in [-0.1, -0.05) is 36.1 Å². The number of nitrogens with zero attached hydrogens (tertiary/aromatic N) is 2. The van der Waals surface area contributed by atoms with Crippen molar-refractivity contribution in [2.24, 2.45) is 0 Å². The molecule has 1 aliphatic rings. The Balaban J connectivity index is 1.59. The summed E-state index contributed by atoms with van der Waals surface area (Å²) in [6, 6.07) is 13.6. The van der Waals surface area contributed by atoms with Crippen LogP contribution in [-0.4, -0.2) is 6.54 Å². The predicted octanol–water partition coefficient (Wildman–Crippen LogP) is 8.00. The normalized spacial score (nSPS) is 15.5. The van der Waals surface area contributed by atoms with Gasteiger partial charge in [-0.25, -0.2) is 0 Å². The summed E-state index contributed by atoms with van der Waals surface area (Å²) in [5.74, 6) is 0. The number of anilines is 1. The molecule has 0 radical (unpaired) electrons. The molecule has 0 aliphatic carbocycles. The number of hydrogen-bond donors (Lipinski definition) is 0. The molecule has 158 valence electrons. The molecule has 2 aromatic heterocycles. The summed E-state index contributed by atoms with van der Waals surface area (Å²) in [5.41, 5.74) is 5.42. The number of benzene rings is 2. The van der Waals surface area contributed by atoms with E-state index in [1.807, 2.05) is 34.4 Å². The van der Waals surface area contributed by atoms with E-state index in [4.69, 9.17) is 0 Å². The predicted molar refractivity (Wildman–Crippen MR) is 139 cm³/mol. The Morgan fingerprint density at radius 3 is 2.68 bits per heavy atom. The van der Waals surface area contributed by atoms with Crippen LogP contribution in [-0.2, 0) is 6.54 Å². The van der Waals surface area contributed by atoms with Gasteiger partial charge in [-0.2, -0.15) is 4.57 Å². The van der Waals surface area contributed by atoms with Crippen molar-refractivity contribution in [3.63, 3.8) is 0 Å².